The Morgan fingerprint density at radius 3 is 2.24 bits per heavy atom. The molecule has 0 radical (unpaired) electrons. The van der Waals surface area contributed by atoms with E-state index in [2.05, 4.69) is 31.9 Å². The van der Waals surface area contributed by atoms with Crippen molar-refractivity contribution in [2.75, 3.05) is 14.2 Å². The summed E-state index contributed by atoms with van der Waals surface area (Å²) in [6.45, 7) is 0. The van der Waals surface area contributed by atoms with Gasteiger partial charge in [0.1, 0.15) is 23.1 Å². The average Bonchev–Trinajstić information content (AvgIpc) is 2.48. The number of rotatable bonds is 4. The van der Waals surface area contributed by atoms with Gasteiger partial charge in [-0.05, 0) is 28.1 Å². The van der Waals surface area contributed by atoms with Gasteiger partial charge in [-0.25, -0.2) is 8.78 Å². The Kier molecular flexibility index (Phi) is 5.22. The van der Waals surface area contributed by atoms with Gasteiger partial charge in [0.05, 0.1) is 23.5 Å². The summed E-state index contributed by atoms with van der Waals surface area (Å²) in [5.74, 6) is -0.0831. The van der Waals surface area contributed by atoms with Gasteiger partial charge in [0, 0.05) is 23.3 Å². The largest absolute Gasteiger partial charge is 0.497 e. The number of benzene rings is 2. The molecule has 0 bridgehead atoms. The molecule has 6 heteroatoms. The summed E-state index contributed by atoms with van der Waals surface area (Å²) < 4.78 is 38.1. The van der Waals surface area contributed by atoms with E-state index in [0.717, 1.165) is 0 Å². The predicted octanol–water partition coefficient (Wildman–Crippen LogP) is 5.23. The van der Waals surface area contributed by atoms with Crippen LogP contribution in [-0.4, -0.2) is 14.2 Å². The van der Waals surface area contributed by atoms with Crippen molar-refractivity contribution in [1.29, 1.82) is 0 Å². The summed E-state index contributed by atoms with van der Waals surface area (Å²) in [5, 5.41) is 0. The fourth-order valence-electron chi connectivity index (χ4n) is 1.93. The van der Waals surface area contributed by atoms with Crippen LogP contribution in [0.4, 0.5) is 8.78 Å². The molecule has 2 nitrogen and oxygen atoms in total. The second-order valence-electron chi connectivity index (χ2n) is 4.26. The SMILES string of the molecule is COc1ccc(C(Br)c2cc(Br)c(F)cc2OC)c(F)c1. The number of ether oxygens (including phenoxy) is 2. The molecule has 0 saturated carbocycles. The summed E-state index contributed by atoms with van der Waals surface area (Å²) >= 11 is 6.56. The number of hydrogen-bond donors (Lipinski definition) is 0. The second-order valence-corrected chi connectivity index (χ2v) is 6.03. The molecule has 0 aliphatic carbocycles. The van der Waals surface area contributed by atoms with Crippen LogP contribution in [0.1, 0.15) is 16.0 Å². The van der Waals surface area contributed by atoms with Crippen molar-refractivity contribution >= 4 is 31.9 Å². The quantitative estimate of drug-likeness (QED) is 0.629. The van der Waals surface area contributed by atoms with E-state index in [9.17, 15) is 8.78 Å². The molecule has 0 N–H and O–H groups in total. The van der Waals surface area contributed by atoms with Crippen LogP contribution in [0.25, 0.3) is 0 Å². The lowest BCUT2D eigenvalue weighted by Gasteiger charge is -2.16. The molecule has 0 amide bonds. The summed E-state index contributed by atoms with van der Waals surface area (Å²) in [6.07, 6.45) is 0. The van der Waals surface area contributed by atoms with Crippen LogP contribution >= 0.6 is 31.9 Å². The highest BCUT2D eigenvalue weighted by Gasteiger charge is 2.21. The van der Waals surface area contributed by atoms with Crippen LogP contribution < -0.4 is 9.47 Å². The molecule has 2 rings (SSSR count). The van der Waals surface area contributed by atoms with Crippen molar-refractivity contribution in [1.82, 2.24) is 0 Å². The molecular weight excluding hydrogens is 410 g/mol. The first-order valence-electron chi connectivity index (χ1n) is 5.98. The lowest BCUT2D eigenvalue weighted by molar-refractivity contribution is 0.405. The topological polar surface area (TPSA) is 18.5 Å². The molecular formula is C15H12Br2F2O2. The molecule has 0 aromatic heterocycles. The molecule has 0 aliphatic rings. The maximum absolute atomic E-state index is 14.2. The Morgan fingerprint density at radius 2 is 1.67 bits per heavy atom. The van der Waals surface area contributed by atoms with Crippen LogP contribution in [0.5, 0.6) is 11.5 Å². The smallest absolute Gasteiger partial charge is 0.141 e. The lowest BCUT2D eigenvalue weighted by atomic mass is 10.0. The molecule has 1 atom stereocenters. The first-order chi connectivity index (χ1) is 9.97. The van der Waals surface area contributed by atoms with Crippen LogP contribution in [-0.2, 0) is 0 Å². The van der Waals surface area contributed by atoms with Crippen molar-refractivity contribution < 1.29 is 18.3 Å². The zero-order chi connectivity index (χ0) is 15.6. The third kappa shape index (κ3) is 3.37. The Balaban J connectivity index is 2.49. The van der Waals surface area contributed by atoms with Crippen LogP contribution in [0.3, 0.4) is 0 Å². The molecule has 0 spiro atoms. The standard InChI is InChI=1S/C15H12Br2F2O2/c1-20-8-3-4-9(12(18)5-8)15(17)10-6-11(16)13(19)7-14(10)21-2/h3-7,15H,1-2H3. The van der Waals surface area contributed by atoms with Crippen molar-refractivity contribution in [2.24, 2.45) is 0 Å². The number of methoxy groups -OCH3 is 2. The van der Waals surface area contributed by atoms with Gasteiger partial charge in [-0.1, -0.05) is 22.0 Å². The maximum atomic E-state index is 14.2. The predicted molar refractivity (Wildman–Crippen MR) is 84.4 cm³/mol. The molecule has 0 aliphatic heterocycles. The van der Waals surface area contributed by atoms with Crippen molar-refractivity contribution in [3.8, 4) is 11.5 Å². The van der Waals surface area contributed by atoms with Crippen LogP contribution in [0.2, 0.25) is 0 Å². The van der Waals surface area contributed by atoms with Crippen molar-refractivity contribution in [3.05, 3.63) is 57.6 Å². The molecule has 21 heavy (non-hydrogen) atoms. The molecule has 2 aromatic carbocycles. The second kappa shape index (κ2) is 6.75. The Hall–Kier alpha value is -1.14. The molecule has 0 heterocycles. The molecule has 1 unspecified atom stereocenters. The molecule has 112 valence electrons. The van der Waals surface area contributed by atoms with Gasteiger partial charge in [0.15, 0.2) is 0 Å². The minimum atomic E-state index is -0.477. The first kappa shape index (κ1) is 16.2. The highest BCUT2D eigenvalue weighted by molar-refractivity contribution is 9.10. The van der Waals surface area contributed by atoms with Crippen molar-refractivity contribution in [2.45, 2.75) is 4.83 Å². The van der Waals surface area contributed by atoms with Gasteiger partial charge in [0.25, 0.3) is 0 Å². The number of halogens is 4. The van der Waals surface area contributed by atoms with E-state index in [4.69, 9.17) is 9.47 Å². The number of alkyl halides is 1. The highest BCUT2D eigenvalue weighted by Crippen LogP contribution is 2.40. The van der Waals surface area contributed by atoms with E-state index in [1.165, 1.54) is 26.4 Å². The van der Waals surface area contributed by atoms with Crippen molar-refractivity contribution in [3.63, 3.8) is 0 Å². The highest BCUT2D eigenvalue weighted by atomic mass is 79.9. The summed E-state index contributed by atoms with van der Waals surface area (Å²) in [7, 11) is 2.91. The van der Waals surface area contributed by atoms with E-state index in [0.29, 0.717) is 22.6 Å². The van der Waals surface area contributed by atoms with Gasteiger partial charge in [-0.15, -0.1) is 0 Å². The molecule has 0 fully saturated rings. The fourth-order valence-corrected chi connectivity index (χ4v) is 3.02. The normalized spacial score (nSPS) is 12.1. The average molecular weight is 422 g/mol. The van der Waals surface area contributed by atoms with Gasteiger partial charge in [0.2, 0.25) is 0 Å². The Labute approximate surface area is 138 Å². The van der Waals surface area contributed by atoms with E-state index in [-0.39, 0.29) is 4.47 Å². The lowest BCUT2D eigenvalue weighted by Crippen LogP contribution is -2.01. The van der Waals surface area contributed by atoms with Gasteiger partial charge in [-0.3, -0.25) is 0 Å². The van der Waals surface area contributed by atoms with E-state index in [1.54, 1.807) is 18.2 Å². The zero-order valence-electron chi connectivity index (χ0n) is 11.3. The van der Waals surface area contributed by atoms with E-state index >= 15 is 0 Å². The molecule has 2 aromatic rings. The zero-order valence-corrected chi connectivity index (χ0v) is 14.5. The first-order valence-corrected chi connectivity index (χ1v) is 7.69. The third-order valence-corrected chi connectivity index (χ3v) is 4.62. The Morgan fingerprint density at radius 1 is 0.952 bits per heavy atom. The monoisotopic (exact) mass is 420 g/mol. The number of hydrogen-bond acceptors (Lipinski definition) is 2. The van der Waals surface area contributed by atoms with Crippen LogP contribution in [0, 0.1) is 11.6 Å². The summed E-state index contributed by atoms with van der Waals surface area (Å²) in [6, 6.07) is 7.41. The molecule has 0 saturated heterocycles. The van der Waals surface area contributed by atoms with Gasteiger partial charge in [-0.2, -0.15) is 0 Å². The van der Waals surface area contributed by atoms with Crippen LogP contribution in [0.15, 0.2) is 34.8 Å². The summed E-state index contributed by atoms with van der Waals surface area (Å²) in [4.78, 5) is -0.477. The van der Waals surface area contributed by atoms with Gasteiger partial charge < -0.3 is 9.47 Å². The third-order valence-electron chi connectivity index (χ3n) is 3.03. The Bertz CT molecular complexity index is 662. The minimum absolute atomic E-state index is 0.289. The minimum Gasteiger partial charge on any atom is -0.497 e. The van der Waals surface area contributed by atoms with Gasteiger partial charge >= 0.3 is 0 Å². The summed E-state index contributed by atoms with van der Waals surface area (Å²) in [5.41, 5.74) is 1.03. The maximum Gasteiger partial charge on any atom is 0.141 e. The van der Waals surface area contributed by atoms with E-state index < -0.39 is 16.5 Å². The fraction of sp³-hybridized carbons (Fsp3) is 0.200. The van der Waals surface area contributed by atoms with E-state index in [1.807, 2.05) is 0 Å².